The summed E-state index contributed by atoms with van der Waals surface area (Å²) in [5, 5.41) is 6.04. The Morgan fingerprint density at radius 3 is 2.03 bits per heavy atom. The van der Waals surface area contributed by atoms with Gasteiger partial charge in [-0.2, -0.15) is 0 Å². The molecule has 5 nitrogen and oxygen atoms in total. The van der Waals surface area contributed by atoms with Gasteiger partial charge in [-0.25, -0.2) is 0 Å². The van der Waals surface area contributed by atoms with Crippen molar-refractivity contribution in [3.8, 4) is 0 Å². The Labute approximate surface area is 189 Å². The standard InChI is InChI=1S/C16H18N2O.C11H14N2/c1-12-4-5-16-15(9-12)13(10-18-16)6-7-17-11-14-3-2-8-19-14;1-8-2-3-11-10(6-8)9(4-5-12)7-13-11/h2-5,8-10,17-18H,6-7,11H2,1H3;2-3,6-7,13H,4-5,12H2,1H3. The van der Waals surface area contributed by atoms with Crippen LogP contribution in [0.4, 0.5) is 0 Å². The first kappa shape index (κ1) is 21.9. The first-order valence-electron chi connectivity index (χ1n) is 11.2. The van der Waals surface area contributed by atoms with Crippen molar-refractivity contribution in [2.45, 2.75) is 33.2 Å². The number of aryl methyl sites for hydroxylation is 2. The largest absolute Gasteiger partial charge is 0.468 e. The third-order valence-electron chi connectivity index (χ3n) is 5.71. The maximum Gasteiger partial charge on any atom is 0.117 e. The lowest BCUT2D eigenvalue weighted by atomic mass is 10.1. The summed E-state index contributed by atoms with van der Waals surface area (Å²) >= 11 is 0. The van der Waals surface area contributed by atoms with Gasteiger partial charge in [0.05, 0.1) is 12.8 Å². The number of furan rings is 1. The lowest BCUT2D eigenvalue weighted by molar-refractivity contribution is 0.484. The molecule has 2 aromatic carbocycles. The minimum absolute atomic E-state index is 0.709. The van der Waals surface area contributed by atoms with E-state index in [1.54, 1.807) is 6.26 Å². The van der Waals surface area contributed by atoms with Gasteiger partial charge in [-0.15, -0.1) is 0 Å². The zero-order valence-corrected chi connectivity index (χ0v) is 18.9. The summed E-state index contributed by atoms with van der Waals surface area (Å²) in [5.41, 5.74) is 13.2. The molecule has 32 heavy (non-hydrogen) atoms. The van der Waals surface area contributed by atoms with Crippen LogP contribution in [-0.4, -0.2) is 23.1 Å². The first-order chi connectivity index (χ1) is 15.6. The molecule has 0 saturated carbocycles. The van der Waals surface area contributed by atoms with Crippen LogP contribution in [-0.2, 0) is 19.4 Å². The van der Waals surface area contributed by atoms with Gasteiger partial charge < -0.3 is 25.4 Å². The van der Waals surface area contributed by atoms with Gasteiger partial charge in [-0.1, -0.05) is 23.3 Å². The summed E-state index contributed by atoms with van der Waals surface area (Å²) in [7, 11) is 0. The zero-order valence-electron chi connectivity index (χ0n) is 18.9. The van der Waals surface area contributed by atoms with Crippen molar-refractivity contribution < 1.29 is 4.42 Å². The fourth-order valence-electron chi connectivity index (χ4n) is 4.00. The van der Waals surface area contributed by atoms with E-state index in [0.717, 1.165) is 31.7 Å². The maximum atomic E-state index is 5.53. The van der Waals surface area contributed by atoms with Crippen molar-refractivity contribution in [1.29, 1.82) is 0 Å². The van der Waals surface area contributed by atoms with Crippen molar-refractivity contribution in [2.24, 2.45) is 5.73 Å². The summed E-state index contributed by atoms with van der Waals surface area (Å²) in [6, 6.07) is 16.9. The Kier molecular flexibility index (Phi) is 7.10. The van der Waals surface area contributed by atoms with Gasteiger partial charge in [-0.3, -0.25) is 0 Å². The summed E-state index contributed by atoms with van der Waals surface area (Å²) in [6.45, 7) is 6.68. The van der Waals surface area contributed by atoms with Crippen LogP contribution in [0, 0.1) is 13.8 Å². The quantitative estimate of drug-likeness (QED) is 0.263. The summed E-state index contributed by atoms with van der Waals surface area (Å²) in [5.74, 6) is 0.981. The number of hydrogen-bond acceptors (Lipinski definition) is 3. The second-order valence-corrected chi connectivity index (χ2v) is 8.27. The van der Waals surface area contributed by atoms with E-state index in [-0.39, 0.29) is 0 Å². The van der Waals surface area contributed by atoms with Crippen LogP contribution < -0.4 is 11.1 Å². The van der Waals surface area contributed by atoms with Crippen molar-refractivity contribution in [1.82, 2.24) is 15.3 Å². The lowest BCUT2D eigenvalue weighted by Crippen LogP contribution is -2.16. The predicted molar refractivity (Wildman–Crippen MR) is 133 cm³/mol. The van der Waals surface area contributed by atoms with Gasteiger partial charge in [0.1, 0.15) is 5.76 Å². The number of nitrogens with two attached hydrogens (primary N) is 1. The second kappa shape index (κ2) is 10.4. The molecule has 0 bridgehead atoms. The maximum absolute atomic E-state index is 5.53. The number of rotatable bonds is 7. The Morgan fingerprint density at radius 1 is 0.844 bits per heavy atom. The van der Waals surface area contributed by atoms with Gasteiger partial charge in [-0.05, 0) is 87.3 Å². The van der Waals surface area contributed by atoms with E-state index < -0.39 is 0 Å². The molecule has 5 aromatic rings. The van der Waals surface area contributed by atoms with E-state index in [2.05, 4.69) is 77.9 Å². The molecule has 0 spiro atoms. The van der Waals surface area contributed by atoms with Crippen LogP contribution >= 0.6 is 0 Å². The van der Waals surface area contributed by atoms with E-state index in [1.807, 2.05) is 12.1 Å². The SMILES string of the molecule is Cc1ccc2[nH]cc(CCN)c2c1.Cc1ccc2[nH]cc(CCNCc3ccco3)c2c1. The summed E-state index contributed by atoms with van der Waals surface area (Å²) in [4.78, 5) is 6.57. The fourth-order valence-corrected chi connectivity index (χ4v) is 4.00. The number of aromatic nitrogens is 2. The fraction of sp³-hybridized carbons (Fsp3) is 0.259. The molecule has 0 amide bonds. The van der Waals surface area contributed by atoms with Crippen LogP contribution in [0.25, 0.3) is 21.8 Å². The lowest BCUT2D eigenvalue weighted by Gasteiger charge is -2.02. The van der Waals surface area contributed by atoms with Crippen LogP contribution in [0.1, 0.15) is 28.0 Å². The molecule has 5 rings (SSSR count). The summed E-state index contributed by atoms with van der Waals surface area (Å²) in [6.07, 6.45) is 7.84. The van der Waals surface area contributed by atoms with Gasteiger partial charge >= 0.3 is 0 Å². The normalized spacial score (nSPS) is 11.1. The molecular formula is C27H32N4O. The molecule has 5 N–H and O–H groups in total. The molecule has 0 unspecified atom stereocenters. The molecule has 0 aliphatic carbocycles. The average molecular weight is 429 g/mol. The Bertz CT molecular complexity index is 1260. The molecule has 0 fully saturated rings. The highest BCUT2D eigenvalue weighted by Gasteiger charge is 2.04. The minimum atomic E-state index is 0.709. The Morgan fingerprint density at radius 2 is 1.47 bits per heavy atom. The van der Waals surface area contributed by atoms with E-state index in [1.165, 1.54) is 44.1 Å². The molecule has 0 saturated heterocycles. The molecule has 3 heterocycles. The van der Waals surface area contributed by atoms with Gasteiger partial charge in [0, 0.05) is 34.2 Å². The smallest absolute Gasteiger partial charge is 0.117 e. The van der Waals surface area contributed by atoms with Crippen LogP contribution in [0.15, 0.2) is 71.6 Å². The van der Waals surface area contributed by atoms with Gasteiger partial charge in [0.25, 0.3) is 0 Å². The van der Waals surface area contributed by atoms with Crippen molar-refractivity contribution in [3.05, 3.63) is 95.2 Å². The number of benzene rings is 2. The van der Waals surface area contributed by atoms with Crippen LogP contribution in [0.5, 0.6) is 0 Å². The highest BCUT2D eigenvalue weighted by molar-refractivity contribution is 5.84. The molecule has 0 aliphatic rings. The van der Waals surface area contributed by atoms with E-state index >= 15 is 0 Å². The molecule has 3 aromatic heterocycles. The number of fused-ring (bicyclic) bond motifs is 2. The molecule has 0 radical (unpaired) electrons. The summed E-state index contributed by atoms with van der Waals surface area (Å²) < 4.78 is 5.29. The van der Waals surface area contributed by atoms with E-state index in [0.29, 0.717) is 6.54 Å². The number of hydrogen-bond donors (Lipinski definition) is 4. The number of H-pyrrole nitrogens is 2. The molecular weight excluding hydrogens is 396 g/mol. The van der Waals surface area contributed by atoms with Gasteiger partial charge in [0.2, 0.25) is 0 Å². The highest BCUT2D eigenvalue weighted by atomic mass is 16.3. The third-order valence-corrected chi connectivity index (χ3v) is 5.71. The van der Waals surface area contributed by atoms with Crippen LogP contribution in [0.2, 0.25) is 0 Å². The molecule has 0 atom stereocenters. The average Bonchev–Trinajstić information content (AvgIpc) is 3.53. The van der Waals surface area contributed by atoms with Gasteiger partial charge in [0.15, 0.2) is 0 Å². The predicted octanol–water partition coefficient (Wildman–Crippen LogP) is 5.38. The monoisotopic (exact) mass is 428 g/mol. The Balaban J connectivity index is 0.000000165. The third kappa shape index (κ3) is 5.31. The second-order valence-electron chi connectivity index (χ2n) is 8.27. The van der Waals surface area contributed by atoms with Crippen LogP contribution in [0.3, 0.4) is 0 Å². The van der Waals surface area contributed by atoms with E-state index in [4.69, 9.17) is 10.2 Å². The minimum Gasteiger partial charge on any atom is -0.468 e. The van der Waals surface area contributed by atoms with Crippen molar-refractivity contribution in [3.63, 3.8) is 0 Å². The number of nitrogens with one attached hydrogen (secondary N) is 3. The highest BCUT2D eigenvalue weighted by Crippen LogP contribution is 2.20. The zero-order chi connectivity index (χ0) is 22.3. The first-order valence-corrected chi connectivity index (χ1v) is 11.2. The van der Waals surface area contributed by atoms with Crippen molar-refractivity contribution >= 4 is 21.8 Å². The van der Waals surface area contributed by atoms with E-state index in [9.17, 15) is 0 Å². The molecule has 5 heteroatoms. The molecule has 0 aliphatic heterocycles. The molecule has 166 valence electrons. The Hall–Kier alpha value is -3.28. The topological polar surface area (TPSA) is 82.8 Å². The van der Waals surface area contributed by atoms with Crippen molar-refractivity contribution in [2.75, 3.05) is 13.1 Å². The number of aromatic amines is 2.